The first-order valence-electron chi connectivity index (χ1n) is 7.10. The van der Waals surface area contributed by atoms with Gasteiger partial charge in [-0.15, -0.1) is 0 Å². The molecule has 7 heteroatoms. The van der Waals surface area contributed by atoms with Gasteiger partial charge >= 0.3 is 0 Å². The maximum atomic E-state index is 6.48. The van der Waals surface area contributed by atoms with Gasteiger partial charge in [-0.1, -0.05) is 40.9 Å². The van der Waals surface area contributed by atoms with Crippen LogP contribution in [-0.2, 0) is 6.54 Å². The van der Waals surface area contributed by atoms with Crippen molar-refractivity contribution in [3.05, 3.63) is 75.6 Å². The molecule has 24 heavy (non-hydrogen) atoms. The summed E-state index contributed by atoms with van der Waals surface area (Å²) in [5.74, 6) is 0.636. The number of nitrogens with two attached hydrogens (primary N) is 1. The minimum atomic E-state index is 0.412. The van der Waals surface area contributed by atoms with Crippen LogP contribution in [0, 0.1) is 0 Å². The molecule has 4 nitrogen and oxygen atoms in total. The highest BCUT2D eigenvalue weighted by molar-refractivity contribution is 6.37. The second kappa shape index (κ2) is 7.36. The van der Waals surface area contributed by atoms with Crippen molar-refractivity contribution in [1.82, 2.24) is 9.97 Å². The average molecular weight is 380 g/mol. The first-order chi connectivity index (χ1) is 11.6. The van der Waals surface area contributed by atoms with Crippen LogP contribution in [0.15, 0.2) is 55.0 Å². The Bertz CT molecular complexity index is 856. The molecule has 0 saturated heterocycles. The summed E-state index contributed by atoms with van der Waals surface area (Å²) in [6, 6.07) is 12.7. The topological polar surface area (TPSA) is 55.0 Å². The van der Waals surface area contributed by atoms with Crippen LogP contribution < -0.4 is 10.6 Å². The van der Waals surface area contributed by atoms with Gasteiger partial charge in [0.1, 0.15) is 12.1 Å². The molecule has 0 saturated carbocycles. The maximum absolute atomic E-state index is 6.48. The predicted molar refractivity (Wildman–Crippen MR) is 99.6 cm³/mol. The van der Waals surface area contributed by atoms with Gasteiger partial charge in [-0.3, -0.25) is 4.90 Å². The van der Waals surface area contributed by atoms with E-state index in [4.69, 9.17) is 40.5 Å². The SMILES string of the molecule is NCc1ccc(N(c2ccncn2)c2ccc(Cl)cc2Cl)c(Cl)c1. The van der Waals surface area contributed by atoms with Crippen LogP contribution in [0.5, 0.6) is 0 Å². The number of hydrogen-bond acceptors (Lipinski definition) is 4. The number of benzene rings is 2. The van der Waals surface area contributed by atoms with Crippen LogP contribution >= 0.6 is 34.8 Å². The highest BCUT2D eigenvalue weighted by atomic mass is 35.5. The Morgan fingerprint density at radius 3 is 2.21 bits per heavy atom. The summed E-state index contributed by atoms with van der Waals surface area (Å²) >= 11 is 18.9. The lowest BCUT2D eigenvalue weighted by Gasteiger charge is -2.26. The van der Waals surface area contributed by atoms with E-state index in [1.54, 1.807) is 24.4 Å². The molecular weight excluding hydrogens is 367 g/mol. The molecule has 2 aromatic carbocycles. The Morgan fingerprint density at radius 1 is 0.917 bits per heavy atom. The summed E-state index contributed by atoms with van der Waals surface area (Å²) in [4.78, 5) is 10.1. The highest BCUT2D eigenvalue weighted by Crippen LogP contribution is 2.41. The summed E-state index contributed by atoms with van der Waals surface area (Å²) in [5.41, 5.74) is 8.06. The number of anilines is 3. The summed E-state index contributed by atoms with van der Waals surface area (Å²) in [6.07, 6.45) is 3.12. The largest absolute Gasteiger partial charge is 0.326 e. The van der Waals surface area contributed by atoms with Crippen LogP contribution in [0.3, 0.4) is 0 Å². The smallest absolute Gasteiger partial charge is 0.141 e. The van der Waals surface area contributed by atoms with Gasteiger partial charge in [0.15, 0.2) is 0 Å². The molecule has 0 aliphatic rings. The summed E-state index contributed by atoms with van der Waals surface area (Å²) < 4.78 is 0. The molecule has 0 fully saturated rings. The normalized spacial score (nSPS) is 10.7. The van der Waals surface area contributed by atoms with E-state index in [9.17, 15) is 0 Å². The van der Waals surface area contributed by atoms with E-state index in [0.717, 1.165) is 11.3 Å². The molecule has 1 heterocycles. The van der Waals surface area contributed by atoms with Crippen molar-refractivity contribution in [3.8, 4) is 0 Å². The van der Waals surface area contributed by atoms with Gasteiger partial charge < -0.3 is 5.73 Å². The van der Waals surface area contributed by atoms with E-state index in [1.165, 1.54) is 6.33 Å². The molecule has 3 rings (SSSR count). The third kappa shape index (κ3) is 3.47. The van der Waals surface area contributed by atoms with E-state index in [2.05, 4.69) is 9.97 Å². The molecule has 0 aliphatic carbocycles. The molecule has 0 atom stereocenters. The molecule has 0 radical (unpaired) electrons. The minimum Gasteiger partial charge on any atom is -0.326 e. The third-order valence-electron chi connectivity index (χ3n) is 3.43. The number of hydrogen-bond donors (Lipinski definition) is 1. The van der Waals surface area contributed by atoms with Crippen LogP contribution in [0.4, 0.5) is 17.2 Å². The van der Waals surface area contributed by atoms with Crippen molar-refractivity contribution in [2.45, 2.75) is 6.54 Å². The monoisotopic (exact) mass is 378 g/mol. The summed E-state index contributed by atoms with van der Waals surface area (Å²) in [6.45, 7) is 0.412. The van der Waals surface area contributed by atoms with Crippen molar-refractivity contribution in [2.24, 2.45) is 5.73 Å². The first kappa shape index (κ1) is 17.0. The van der Waals surface area contributed by atoms with Gasteiger partial charge in [-0.2, -0.15) is 0 Å². The van der Waals surface area contributed by atoms with Gasteiger partial charge in [0, 0.05) is 17.8 Å². The van der Waals surface area contributed by atoms with Gasteiger partial charge in [0.2, 0.25) is 0 Å². The van der Waals surface area contributed by atoms with Gasteiger partial charge in [0.25, 0.3) is 0 Å². The zero-order valence-electron chi connectivity index (χ0n) is 12.5. The molecule has 0 amide bonds. The van der Waals surface area contributed by atoms with Crippen molar-refractivity contribution >= 4 is 52.0 Å². The average Bonchev–Trinajstić information content (AvgIpc) is 2.59. The van der Waals surface area contributed by atoms with Crippen LogP contribution in [0.1, 0.15) is 5.56 Å². The molecule has 0 spiro atoms. The van der Waals surface area contributed by atoms with Crippen molar-refractivity contribution in [3.63, 3.8) is 0 Å². The number of rotatable bonds is 4. The van der Waals surface area contributed by atoms with Crippen molar-refractivity contribution < 1.29 is 0 Å². The van der Waals surface area contributed by atoms with Crippen LogP contribution in [-0.4, -0.2) is 9.97 Å². The third-order valence-corrected chi connectivity index (χ3v) is 4.28. The molecule has 0 bridgehead atoms. The summed E-state index contributed by atoms with van der Waals surface area (Å²) in [5, 5.41) is 1.58. The second-order valence-corrected chi connectivity index (χ2v) is 6.24. The Balaban J connectivity index is 2.20. The van der Waals surface area contributed by atoms with E-state index in [-0.39, 0.29) is 0 Å². The molecule has 0 aliphatic heterocycles. The second-order valence-electron chi connectivity index (χ2n) is 4.99. The number of halogens is 3. The minimum absolute atomic E-state index is 0.412. The Morgan fingerprint density at radius 2 is 1.62 bits per heavy atom. The van der Waals surface area contributed by atoms with E-state index in [0.29, 0.717) is 33.1 Å². The molecular formula is C17H13Cl3N4. The van der Waals surface area contributed by atoms with E-state index < -0.39 is 0 Å². The van der Waals surface area contributed by atoms with Crippen LogP contribution in [0.25, 0.3) is 0 Å². The fourth-order valence-corrected chi connectivity index (χ4v) is 3.09. The molecule has 0 unspecified atom stereocenters. The van der Waals surface area contributed by atoms with Crippen molar-refractivity contribution in [1.29, 1.82) is 0 Å². The standard InChI is InChI=1S/C17H13Cl3N4/c18-12-2-4-16(14(20)8-12)24(17-5-6-22-10-23-17)15-3-1-11(9-21)7-13(15)19/h1-8,10H,9,21H2. The molecule has 2 N–H and O–H groups in total. The van der Waals surface area contributed by atoms with Crippen molar-refractivity contribution in [2.75, 3.05) is 4.90 Å². The Kier molecular flexibility index (Phi) is 5.21. The van der Waals surface area contributed by atoms with Gasteiger partial charge in [-0.05, 0) is 42.0 Å². The number of nitrogens with zero attached hydrogens (tertiary/aromatic N) is 3. The van der Waals surface area contributed by atoms with Gasteiger partial charge in [-0.25, -0.2) is 9.97 Å². The maximum Gasteiger partial charge on any atom is 0.141 e. The van der Waals surface area contributed by atoms with Gasteiger partial charge in [0.05, 0.1) is 21.4 Å². The van der Waals surface area contributed by atoms with E-state index >= 15 is 0 Å². The Hall–Kier alpha value is -1.85. The lowest BCUT2D eigenvalue weighted by molar-refractivity contribution is 1.07. The molecule has 3 aromatic rings. The number of aromatic nitrogens is 2. The molecule has 1 aromatic heterocycles. The summed E-state index contributed by atoms with van der Waals surface area (Å²) in [7, 11) is 0. The van der Waals surface area contributed by atoms with E-state index in [1.807, 2.05) is 29.2 Å². The highest BCUT2D eigenvalue weighted by Gasteiger charge is 2.19. The molecule has 122 valence electrons. The fourth-order valence-electron chi connectivity index (χ4n) is 2.31. The lowest BCUT2D eigenvalue weighted by atomic mass is 10.1. The quantitative estimate of drug-likeness (QED) is 0.662. The van der Waals surface area contributed by atoms with Crippen LogP contribution in [0.2, 0.25) is 15.1 Å². The fraction of sp³-hybridized carbons (Fsp3) is 0.0588. The first-order valence-corrected chi connectivity index (χ1v) is 8.23. The Labute approximate surface area is 154 Å². The zero-order valence-corrected chi connectivity index (χ0v) is 14.7. The predicted octanol–water partition coefficient (Wildman–Crippen LogP) is 5.37. The zero-order chi connectivity index (χ0) is 17.1. The lowest BCUT2D eigenvalue weighted by Crippen LogP contribution is -2.13.